The Morgan fingerprint density at radius 2 is 1.85 bits per heavy atom. The van der Waals surface area contributed by atoms with Gasteiger partial charge in [0, 0.05) is 35.6 Å². The molecule has 13 heteroatoms. The normalized spacial score (nSPS) is 21.6. The van der Waals surface area contributed by atoms with Crippen molar-refractivity contribution in [1.29, 1.82) is 0 Å². The number of thiocarbonyl (C=S) groups is 1. The molecule has 1 aromatic carbocycles. The van der Waals surface area contributed by atoms with E-state index in [9.17, 15) is 26.3 Å². The van der Waals surface area contributed by atoms with E-state index in [2.05, 4.69) is 26.3 Å². The summed E-state index contributed by atoms with van der Waals surface area (Å²) in [4.78, 5) is 6.06. The number of benzene rings is 1. The molecule has 39 heavy (non-hydrogen) atoms. The molecule has 1 aromatic heterocycles. The zero-order valence-corrected chi connectivity index (χ0v) is 22.7. The topological polar surface area (TPSA) is 64.2 Å². The predicted molar refractivity (Wildman–Crippen MR) is 143 cm³/mol. The standard InChI is InChI=1S/C26H30F6N6S/c1-14-18-12-21(39)34-19-11-16(25(27,28)29)7-8-17(19)22(18)37-24(2,35-14)36-20-10-15(6-5-9-38(3)4)13-33-23(20)26(30,31)32/h7-8,10-11,13-14,35-37H,5-6,9,12H2,1-4H3,(H,34,39). The van der Waals surface area contributed by atoms with Crippen LogP contribution in [0.25, 0.3) is 5.70 Å². The molecule has 0 amide bonds. The summed E-state index contributed by atoms with van der Waals surface area (Å²) in [6.45, 7) is 4.23. The van der Waals surface area contributed by atoms with E-state index in [1.54, 1.807) is 6.92 Å². The number of pyridine rings is 1. The highest BCUT2D eigenvalue weighted by atomic mass is 32.1. The molecule has 2 aromatic rings. The van der Waals surface area contributed by atoms with Crippen molar-refractivity contribution in [3.8, 4) is 0 Å². The van der Waals surface area contributed by atoms with Crippen LogP contribution in [0.2, 0.25) is 0 Å². The minimum Gasteiger partial charge on any atom is -0.350 e. The number of aryl methyl sites for hydroxylation is 1. The van der Waals surface area contributed by atoms with Gasteiger partial charge in [0.15, 0.2) is 11.5 Å². The van der Waals surface area contributed by atoms with Crippen molar-refractivity contribution in [3.63, 3.8) is 0 Å². The van der Waals surface area contributed by atoms with Crippen LogP contribution in [0.1, 0.15) is 49.1 Å². The Balaban J connectivity index is 1.71. The van der Waals surface area contributed by atoms with Gasteiger partial charge in [-0.05, 0) is 76.7 Å². The molecule has 0 fully saturated rings. The van der Waals surface area contributed by atoms with E-state index in [1.807, 2.05) is 25.9 Å². The Hall–Kier alpha value is -2.90. The van der Waals surface area contributed by atoms with Gasteiger partial charge < -0.3 is 20.9 Å². The predicted octanol–water partition coefficient (Wildman–Crippen LogP) is 5.83. The summed E-state index contributed by atoms with van der Waals surface area (Å²) in [7, 11) is 3.84. The Bertz CT molecular complexity index is 1290. The van der Waals surface area contributed by atoms with Gasteiger partial charge in [0.2, 0.25) is 0 Å². The van der Waals surface area contributed by atoms with Crippen LogP contribution in [-0.2, 0) is 18.8 Å². The fourth-order valence-corrected chi connectivity index (χ4v) is 5.16. The van der Waals surface area contributed by atoms with Gasteiger partial charge in [-0.15, -0.1) is 0 Å². The van der Waals surface area contributed by atoms with Crippen LogP contribution < -0.4 is 21.3 Å². The lowest BCUT2D eigenvalue weighted by molar-refractivity contribution is -0.140. The van der Waals surface area contributed by atoms with E-state index >= 15 is 0 Å². The highest BCUT2D eigenvalue weighted by molar-refractivity contribution is 7.80. The fraction of sp³-hybridized carbons (Fsp3) is 0.462. The van der Waals surface area contributed by atoms with Crippen molar-refractivity contribution in [2.24, 2.45) is 0 Å². The van der Waals surface area contributed by atoms with Crippen LogP contribution in [0.15, 0.2) is 36.0 Å². The molecule has 3 heterocycles. The molecule has 6 nitrogen and oxygen atoms in total. The third-order valence-electron chi connectivity index (χ3n) is 6.63. The first-order chi connectivity index (χ1) is 18.1. The van der Waals surface area contributed by atoms with E-state index in [0.29, 0.717) is 28.2 Å². The number of aromatic nitrogens is 1. The minimum absolute atomic E-state index is 0.171. The van der Waals surface area contributed by atoms with Crippen molar-refractivity contribution in [3.05, 3.63) is 58.4 Å². The second-order valence-corrected chi connectivity index (χ2v) is 10.8. The number of alkyl halides is 6. The van der Waals surface area contributed by atoms with Gasteiger partial charge in [-0.25, -0.2) is 4.98 Å². The molecule has 0 bridgehead atoms. The summed E-state index contributed by atoms with van der Waals surface area (Å²) in [5.74, 6) is -1.31. The van der Waals surface area contributed by atoms with Crippen LogP contribution in [0.3, 0.4) is 0 Å². The third-order valence-corrected chi connectivity index (χ3v) is 6.88. The Labute approximate surface area is 228 Å². The Morgan fingerprint density at radius 1 is 1.13 bits per heavy atom. The number of fused-ring (bicyclic) bond motifs is 2. The number of nitrogens with zero attached hydrogens (tertiary/aromatic N) is 2. The van der Waals surface area contributed by atoms with Gasteiger partial charge >= 0.3 is 12.4 Å². The molecule has 212 valence electrons. The maximum Gasteiger partial charge on any atom is 0.435 e. The summed E-state index contributed by atoms with van der Waals surface area (Å²) in [6.07, 6.45) is -6.47. The molecule has 0 aliphatic carbocycles. The van der Waals surface area contributed by atoms with Crippen molar-refractivity contribution >= 4 is 34.3 Å². The Morgan fingerprint density at radius 3 is 2.49 bits per heavy atom. The average Bonchev–Trinajstić information content (AvgIpc) is 2.93. The summed E-state index contributed by atoms with van der Waals surface area (Å²) >= 11 is 5.38. The van der Waals surface area contributed by atoms with Gasteiger partial charge in [-0.2, -0.15) is 26.3 Å². The quantitative estimate of drug-likeness (QED) is 0.257. The highest BCUT2D eigenvalue weighted by Crippen LogP contribution is 2.40. The number of nitrogens with one attached hydrogen (secondary N) is 4. The number of rotatable bonds is 6. The lowest BCUT2D eigenvalue weighted by Crippen LogP contribution is -2.65. The van der Waals surface area contributed by atoms with Crippen molar-refractivity contribution in [2.45, 2.75) is 57.3 Å². The summed E-state index contributed by atoms with van der Waals surface area (Å²) < 4.78 is 81.9. The fourth-order valence-electron chi connectivity index (χ4n) is 4.90. The van der Waals surface area contributed by atoms with Gasteiger partial charge in [-0.1, -0.05) is 18.3 Å². The second-order valence-electron chi connectivity index (χ2n) is 10.3. The SMILES string of the molecule is CC1NC(C)(Nc2cc(CCCN(C)C)cnc2C(F)(F)F)NC2=C1CC(=S)Nc1cc(C(F)(F)F)ccc12. The molecule has 0 spiro atoms. The van der Waals surface area contributed by atoms with E-state index in [-0.39, 0.29) is 23.8 Å². The minimum atomic E-state index is -4.70. The van der Waals surface area contributed by atoms with Gasteiger partial charge in [0.05, 0.1) is 16.2 Å². The molecule has 4 N–H and O–H groups in total. The zero-order chi connectivity index (χ0) is 28.8. The zero-order valence-electron chi connectivity index (χ0n) is 21.9. The maximum atomic E-state index is 13.9. The smallest absolute Gasteiger partial charge is 0.350 e. The molecule has 0 saturated carbocycles. The number of halogens is 6. The highest BCUT2D eigenvalue weighted by Gasteiger charge is 2.41. The molecule has 0 saturated heterocycles. The monoisotopic (exact) mass is 572 g/mol. The second kappa shape index (κ2) is 10.6. The van der Waals surface area contributed by atoms with Crippen molar-refractivity contribution in [1.82, 2.24) is 20.5 Å². The lowest BCUT2D eigenvalue weighted by atomic mass is 9.94. The molecule has 4 rings (SSSR count). The van der Waals surface area contributed by atoms with Crippen molar-refractivity contribution < 1.29 is 26.3 Å². The van der Waals surface area contributed by atoms with E-state index in [0.717, 1.165) is 30.7 Å². The van der Waals surface area contributed by atoms with Crippen LogP contribution >= 0.6 is 12.2 Å². The maximum absolute atomic E-state index is 13.9. The first-order valence-corrected chi connectivity index (χ1v) is 12.8. The number of anilines is 2. The number of hydrogen-bond acceptors (Lipinski definition) is 6. The van der Waals surface area contributed by atoms with Gasteiger partial charge in [-0.3, -0.25) is 5.32 Å². The molecule has 2 aliphatic rings. The van der Waals surface area contributed by atoms with E-state index in [4.69, 9.17) is 12.2 Å². The van der Waals surface area contributed by atoms with Crippen LogP contribution in [0, 0.1) is 0 Å². The molecule has 2 aliphatic heterocycles. The van der Waals surface area contributed by atoms with Crippen LogP contribution in [0.5, 0.6) is 0 Å². The van der Waals surface area contributed by atoms with Crippen LogP contribution in [-0.4, -0.2) is 47.3 Å². The number of hydrogen-bond donors (Lipinski definition) is 4. The first-order valence-electron chi connectivity index (χ1n) is 12.3. The third kappa shape index (κ3) is 6.64. The molecular formula is C26H30F6N6S. The molecule has 2 unspecified atom stereocenters. The lowest BCUT2D eigenvalue weighted by Gasteiger charge is -2.44. The van der Waals surface area contributed by atoms with E-state index < -0.39 is 29.4 Å². The Kier molecular flexibility index (Phi) is 7.89. The van der Waals surface area contributed by atoms with Crippen molar-refractivity contribution in [2.75, 3.05) is 31.3 Å². The summed E-state index contributed by atoms with van der Waals surface area (Å²) in [6, 6.07) is 4.37. The summed E-state index contributed by atoms with van der Waals surface area (Å²) in [5.41, 5.74) is 0.417. The molecular weight excluding hydrogens is 542 g/mol. The molecule has 0 radical (unpaired) electrons. The van der Waals surface area contributed by atoms with Gasteiger partial charge in [0.1, 0.15) is 0 Å². The van der Waals surface area contributed by atoms with Gasteiger partial charge in [0.25, 0.3) is 0 Å². The van der Waals surface area contributed by atoms with E-state index in [1.165, 1.54) is 18.3 Å². The average molecular weight is 573 g/mol. The molecule has 2 atom stereocenters. The van der Waals surface area contributed by atoms with Crippen LogP contribution in [0.4, 0.5) is 37.7 Å². The largest absolute Gasteiger partial charge is 0.435 e. The first kappa shape index (κ1) is 29.1. The summed E-state index contributed by atoms with van der Waals surface area (Å²) in [5, 5.41) is 12.3.